The second kappa shape index (κ2) is 8.51. The summed E-state index contributed by atoms with van der Waals surface area (Å²) in [6, 6.07) is 0. The van der Waals surface area contributed by atoms with Crippen LogP contribution in [-0.2, 0) is 4.79 Å². The molecule has 102 valence electrons. The lowest BCUT2D eigenvalue weighted by atomic mass is 9.83. The van der Waals surface area contributed by atoms with Crippen LogP contribution in [0.1, 0.15) is 59.8 Å². The number of unbranched alkanes of at least 4 members (excludes halogenated alkanes) is 1. The minimum atomic E-state index is -0.139. The van der Waals surface area contributed by atoms with Gasteiger partial charge in [-0.3, -0.25) is 4.79 Å². The average molecular weight is 243 g/mol. The van der Waals surface area contributed by atoms with Gasteiger partial charge in [0.25, 0.3) is 0 Å². The van der Waals surface area contributed by atoms with Crippen molar-refractivity contribution in [1.82, 2.24) is 5.32 Å². The Bertz CT molecular complexity index is 204. The number of hydrogen-bond donors (Lipinski definition) is 2. The topological polar surface area (TPSA) is 49.3 Å². The Morgan fingerprint density at radius 3 is 2.29 bits per heavy atom. The maximum Gasteiger partial charge on any atom is 0.222 e. The number of nitrogens with one attached hydrogen (secondary N) is 1. The summed E-state index contributed by atoms with van der Waals surface area (Å²) < 4.78 is 0. The van der Waals surface area contributed by atoms with E-state index in [0.29, 0.717) is 6.54 Å². The van der Waals surface area contributed by atoms with Gasteiger partial charge in [0.05, 0.1) is 6.61 Å². The lowest BCUT2D eigenvalue weighted by molar-refractivity contribution is -0.125. The first-order valence-electron chi connectivity index (χ1n) is 6.93. The smallest absolute Gasteiger partial charge is 0.222 e. The van der Waals surface area contributed by atoms with Crippen molar-refractivity contribution in [2.45, 2.75) is 59.8 Å². The number of aliphatic hydroxyl groups is 1. The highest BCUT2D eigenvalue weighted by molar-refractivity contribution is 5.78. The van der Waals surface area contributed by atoms with Crippen LogP contribution in [-0.4, -0.2) is 24.2 Å². The van der Waals surface area contributed by atoms with Crippen LogP contribution in [0.4, 0.5) is 0 Å². The second-order valence-electron chi connectivity index (χ2n) is 5.13. The molecule has 0 heterocycles. The van der Waals surface area contributed by atoms with Gasteiger partial charge in [-0.15, -0.1) is 0 Å². The first kappa shape index (κ1) is 16.4. The molecule has 3 heteroatoms. The zero-order valence-corrected chi connectivity index (χ0v) is 11.9. The molecule has 2 N–H and O–H groups in total. The number of amides is 1. The van der Waals surface area contributed by atoms with E-state index in [1.807, 2.05) is 6.92 Å². The summed E-state index contributed by atoms with van der Waals surface area (Å²) in [7, 11) is 0. The first-order valence-corrected chi connectivity index (χ1v) is 6.93. The summed E-state index contributed by atoms with van der Waals surface area (Å²) in [6.45, 7) is 8.97. The van der Waals surface area contributed by atoms with Gasteiger partial charge >= 0.3 is 0 Å². The van der Waals surface area contributed by atoms with Gasteiger partial charge in [0.15, 0.2) is 0 Å². The zero-order chi connectivity index (χ0) is 13.3. The van der Waals surface area contributed by atoms with Crippen molar-refractivity contribution in [2.75, 3.05) is 13.2 Å². The van der Waals surface area contributed by atoms with E-state index in [4.69, 9.17) is 0 Å². The highest BCUT2D eigenvalue weighted by Crippen LogP contribution is 2.24. The summed E-state index contributed by atoms with van der Waals surface area (Å²) >= 11 is 0. The third kappa shape index (κ3) is 5.53. The predicted molar refractivity (Wildman–Crippen MR) is 71.8 cm³/mol. The molecule has 0 aromatic carbocycles. The summed E-state index contributed by atoms with van der Waals surface area (Å²) in [5.74, 6) is 0.207. The Hall–Kier alpha value is -0.570. The normalized spacial score (nSPS) is 13.5. The minimum Gasteiger partial charge on any atom is -0.396 e. The van der Waals surface area contributed by atoms with E-state index in [1.54, 1.807) is 0 Å². The first-order chi connectivity index (χ1) is 8.05. The van der Waals surface area contributed by atoms with Crippen LogP contribution >= 0.6 is 0 Å². The van der Waals surface area contributed by atoms with Gasteiger partial charge in [-0.05, 0) is 19.3 Å². The monoisotopic (exact) mass is 243 g/mol. The molecule has 0 saturated carbocycles. The minimum absolute atomic E-state index is 0.0834. The van der Waals surface area contributed by atoms with Crippen LogP contribution in [0.15, 0.2) is 0 Å². The summed E-state index contributed by atoms with van der Waals surface area (Å²) in [4.78, 5) is 11.9. The highest BCUT2D eigenvalue weighted by atomic mass is 16.3. The van der Waals surface area contributed by atoms with Crippen LogP contribution in [0.25, 0.3) is 0 Å². The summed E-state index contributed by atoms with van der Waals surface area (Å²) in [6.07, 6.45) is 4.96. The fourth-order valence-corrected chi connectivity index (χ4v) is 1.87. The number of aliphatic hydroxyl groups excluding tert-OH is 1. The molecule has 3 nitrogen and oxygen atoms in total. The number of hydrogen-bond acceptors (Lipinski definition) is 2. The second-order valence-corrected chi connectivity index (χ2v) is 5.13. The molecule has 0 aliphatic rings. The fraction of sp³-hybridized carbons (Fsp3) is 0.929. The maximum absolute atomic E-state index is 11.9. The quantitative estimate of drug-likeness (QED) is 0.654. The molecule has 0 radical (unpaired) electrons. The van der Waals surface area contributed by atoms with Crippen molar-refractivity contribution in [3.8, 4) is 0 Å². The van der Waals surface area contributed by atoms with Crippen molar-refractivity contribution in [2.24, 2.45) is 11.3 Å². The fourth-order valence-electron chi connectivity index (χ4n) is 1.87. The van der Waals surface area contributed by atoms with Crippen LogP contribution < -0.4 is 5.32 Å². The van der Waals surface area contributed by atoms with Crippen LogP contribution in [0.3, 0.4) is 0 Å². The van der Waals surface area contributed by atoms with Gasteiger partial charge in [-0.2, -0.15) is 0 Å². The molecule has 17 heavy (non-hydrogen) atoms. The van der Waals surface area contributed by atoms with E-state index < -0.39 is 0 Å². The van der Waals surface area contributed by atoms with Crippen LogP contribution in [0, 0.1) is 11.3 Å². The molecule has 0 fully saturated rings. The molecule has 0 aromatic heterocycles. The van der Waals surface area contributed by atoms with E-state index in [2.05, 4.69) is 26.1 Å². The Morgan fingerprint density at radius 1 is 1.29 bits per heavy atom. The van der Waals surface area contributed by atoms with Crippen molar-refractivity contribution >= 4 is 5.91 Å². The zero-order valence-electron chi connectivity index (χ0n) is 11.9. The molecular formula is C14H29NO2. The molecule has 0 aliphatic heterocycles. The van der Waals surface area contributed by atoms with Crippen LogP contribution in [0.2, 0.25) is 0 Å². The molecule has 0 aromatic rings. The third-order valence-corrected chi connectivity index (χ3v) is 3.91. The Labute approximate surface area is 106 Å². The maximum atomic E-state index is 11.9. The SMILES string of the molecule is CCCCC(C)C(=O)NCC(CC)(CC)CO. The van der Waals surface area contributed by atoms with Gasteiger partial charge in [-0.1, -0.05) is 40.5 Å². The average Bonchev–Trinajstić information content (AvgIpc) is 2.37. The lowest BCUT2D eigenvalue weighted by Gasteiger charge is -2.30. The van der Waals surface area contributed by atoms with E-state index in [1.165, 1.54) is 0 Å². The van der Waals surface area contributed by atoms with Gasteiger partial charge in [0.2, 0.25) is 5.91 Å². The predicted octanol–water partition coefficient (Wildman–Crippen LogP) is 2.73. The van der Waals surface area contributed by atoms with E-state index in [0.717, 1.165) is 32.1 Å². The van der Waals surface area contributed by atoms with Gasteiger partial charge in [0.1, 0.15) is 0 Å². The van der Waals surface area contributed by atoms with E-state index in [-0.39, 0.29) is 23.8 Å². The van der Waals surface area contributed by atoms with E-state index in [9.17, 15) is 9.90 Å². The molecule has 0 saturated heterocycles. The van der Waals surface area contributed by atoms with Crippen molar-refractivity contribution in [1.29, 1.82) is 0 Å². The van der Waals surface area contributed by atoms with Gasteiger partial charge in [-0.25, -0.2) is 0 Å². The van der Waals surface area contributed by atoms with Crippen LogP contribution in [0.5, 0.6) is 0 Å². The number of carbonyl (C=O) groups excluding carboxylic acids is 1. The van der Waals surface area contributed by atoms with Crippen molar-refractivity contribution < 1.29 is 9.90 Å². The number of rotatable bonds is 9. The molecule has 0 rings (SSSR count). The van der Waals surface area contributed by atoms with Crippen molar-refractivity contribution in [3.63, 3.8) is 0 Å². The highest BCUT2D eigenvalue weighted by Gasteiger charge is 2.26. The molecule has 0 aliphatic carbocycles. The summed E-state index contributed by atoms with van der Waals surface area (Å²) in [5.41, 5.74) is -0.139. The molecule has 1 unspecified atom stereocenters. The molecule has 1 atom stereocenters. The number of carbonyl (C=O) groups is 1. The molecule has 0 bridgehead atoms. The summed E-state index contributed by atoms with van der Waals surface area (Å²) in [5, 5.41) is 12.4. The molecule has 1 amide bonds. The molecular weight excluding hydrogens is 214 g/mol. The van der Waals surface area contributed by atoms with Gasteiger partial charge in [0, 0.05) is 17.9 Å². The molecule has 0 spiro atoms. The standard InChI is InChI=1S/C14H29NO2/c1-5-8-9-12(4)13(17)15-10-14(6-2,7-3)11-16/h12,16H,5-11H2,1-4H3,(H,15,17). The Balaban J connectivity index is 4.12. The van der Waals surface area contributed by atoms with Gasteiger partial charge < -0.3 is 10.4 Å². The lowest BCUT2D eigenvalue weighted by Crippen LogP contribution is -2.41. The Morgan fingerprint density at radius 2 is 1.88 bits per heavy atom. The van der Waals surface area contributed by atoms with Crippen molar-refractivity contribution in [3.05, 3.63) is 0 Å². The third-order valence-electron chi connectivity index (χ3n) is 3.91. The largest absolute Gasteiger partial charge is 0.396 e. The Kier molecular flexibility index (Phi) is 8.23. The van der Waals surface area contributed by atoms with E-state index >= 15 is 0 Å².